The molecule has 0 saturated heterocycles. The molecule has 0 spiro atoms. The number of alkyl carbamates (subject to hydrolysis) is 1. The van der Waals surface area contributed by atoms with Gasteiger partial charge in [0.2, 0.25) is 0 Å². The second-order valence-corrected chi connectivity index (χ2v) is 5.60. The lowest BCUT2D eigenvalue weighted by molar-refractivity contribution is -0.140. The summed E-state index contributed by atoms with van der Waals surface area (Å²) in [7, 11) is 0. The maximum absolute atomic E-state index is 13.7. The maximum Gasteiger partial charge on any atom is 0.407 e. The fraction of sp³-hybridized carbons (Fsp3) is 0.412. The predicted octanol–water partition coefficient (Wildman–Crippen LogP) is 3.51. The average molecular weight is 323 g/mol. The van der Waals surface area contributed by atoms with Crippen molar-refractivity contribution in [2.45, 2.75) is 26.9 Å². The number of benzene rings is 1. The van der Waals surface area contributed by atoms with Gasteiger partial charge in [-0.2, -0.15) is 0 Å². The lowest BCUT2D eigenvalue weighted by Crippen LogP contribution is -2.26. The largest absolute Gasteiger partial charge is 0.481 e. The van der Waals surface area contributed by atoms with Gasteiger partial charge in [0.05, 0.1) is 12.5 Å². The minimum atomic E-state index is -1.08. The van der Waals surface area contributed by atoms with Crippen LogP contribution in [0.4, 0.5) is 9.18 Å². The van der Waals surface area contributed by atoms with E-state index in [0.29, 0.717) is 6.42 Å². The maximum atomic E-state index is 13.7. The third-order valence-electron chi connectivity index (χ3n) is 3.04. The first-order valence-corrected chi connectivity index (χ1v) is 7.42. The van der Waals surface area contributed by atoms with Crippen molar-refractivity contribution in [1.82, 2.24) is 5.32 Å². The number of amides is 1. The molecule has 5 nitrogen and oxygen atoms in total. The quantitative estimate of drug-likeness (QED) is 0.767. The van der Waals surface area contributed by atoms with Crippen molar-refractivity contribution in [3.63, 3.8) is 0 Å². The van der Waals surface area contributed by atoms with Crippen molar-refractivity contribution in [1.29, 1.82) is 0 Å². The molecule has 0 aliphatic rings. The fourth-order valence-corrected chi connectivity index (χ4v) is 1.96. The van der Waals surface area contributed by atoms with Gasteiger partial charge in [0, 0.05) is 0 Å². The highest BCUT2D eigenvalue weighted by atomic mass is 19.1. The standard InChI is InChI=1S/C17H22FNO4/c1-12(2)8-14(16(20)21)9-15(18)10-19-17(22)23-11-13-6-4-3-5-7-13/h3-7,9,12,14H,8,10-11H2,1-2H3,(H,19,22)(H,20,21)/b15-9-/t14-/m1/s1. The second kappa shape index (κ2) is 9.61. The zero-order chi connectivity index (χ0) is 17.2. The Labute approximate surface area is 135 Å². The first-order chi connectivity index (χ1) is 10.9. The molecule has 0 unspecified atom stereocenters. The lowest BCUT2D eigenvalue weighted by atomic mass is 9.96. The van der Waals surface area contributed by atoms with Crippen LogP contribution in [0.15, 0.2) is 42.2 Å². The third kappa shape index (κ3) is 7.99. The smallest absolute Gasteiger partial charge is 0.407 e. The van der Waals surface area contributed by atoms with E-state index in [4.69, 9.17) is 9.84 Å². The van der Waals surface area contributed by atoms with E-state index in [1.54, 1.807) is 12.1 Å². The summed E-state index contributed by atoms with van der Waals surface area (Å²) in [6.07, 6.45) is 0.606. The molecule has 1 aromatic carbocycles. The Balaban J connectivity index is 2.41. The molecule has 23 heavy (non-hydrogen) atoms. The van der Waals surface area contributed by atoms with Gasteiger partial charge in [0.25, 0.3) is 0 Å². The van der Waals surface area contributed by atoms with Gasteiger partial charge in [-0.3, -0.25) is 4.79 Å². The molecule has 0 fully saturated rings. The fourth-order valence-electron chi connectivity index (χ4n) is 1.96. The molecule has 0 bridgehead atoms. The van der Waals surface area contributed by atoms with Crippen molar-refractivity contribution in [2.24, 2.45) is 11.8 Å². The minimum absolute atomic E-state index is 0.0864. The van der Waals surface area contributed by atoms with Gasteiger partial charge in [0.1, 0.15) is 12.4 Å². The molecule has 1 aromatic rings. The van der Waals surface area contributed by atoms with Gasteiger partial charge in [-0.15, -0.1) is 0 Å². The highest BCUT2D eigenvalue weighted by molar-refractivity contribution is 5.72. The molecule has 0 saturated carbocycles. The van der Waals surface area contributed by atoms with Crippen LogP contribution in [-0.4, -0.2) is 23.7 Å². The summed E-state index contributed by atoms with van der Waals surface area (Å²) < 4.78 is 18.7. The van der Waals surface area contributed by atoms with E-state index in [9.17, 15) is 14.0 Å². The van der Waals surface area contributed by atoms with Gasteiger partial charge in [0.15, 0.2) is 0 Å². The zero-order valence-electron chi connectivity index (χ0n) is 13.3. The number of carbonyl (C=O) groups is 2. The summed E-state index contributed by atoms with van der Waals surface area (Å²) in [6, 6.07) is 9.09. The molecular weight excluding hydrogens is 301 g/mol. The number of ether oxygens (including phenoxy) is 1. The molecule has 6 heteroatoms. The monoisotopic (exact) mass is 323 g/mol. The van der Waals surface area contributed by atoms with E-state index in [2.05, 4.69) is 5.32 Å². The van der Waals surface area contributed by atoms with Crippen molar-refractivity contribution >= 4 is 12.1 Å². The van der Waals surface area contributed by atoms with Crippen molar-refractivity contribution in [3.05, 3.63) is 47.8 Å². The van der Waals surface area contributed by atoms with E-state index >= 15 is 0 Å². The molecule has 0 aliphatic heterocycles. The Morgan fingerprint density at radius 3 is 2.52 bits per heavy atom. The first-order valence-electron chi connectivity index (χ1n) is 7.42. The Hall–Kier alpha value is -2.37. The van der Waals surface area contributed by atoms with Crippen molar-refractivity contribution in [2.75, 3.05) is 6.54 Å². The molecule has 0 aromatic heterocycles. The number of carboxylic acids is 1. The number of halogens is 1. The van der Waals surface area contributed by atoms with E-state index in [1.165, 1.54) is 0 Å². The van der Waals surface area contributed by atoms with Crippen LogP contribution in [-0.2, 0) is 16.1 Å². The summed E-state index contributed by atoms with van der Waals surface area (Å²) in [6.45, 7) is 3.42. The lowest BCUT2D eigenvalue weighted by Gasteiger charge is -2.11. The summed E-state index contributed by atoms with van der Waals surface area (Å²) in [4.78, 5) is 22.5. The molecule has 2 N–H and O–H groups in total. The SMILES string of the molecule is CC(C)C[C@H](/C=C(\F)CNC(=O)OCc1ccccc1)C(=O)O. The molecular formula is C17H22FNO4. The number of carbonyl (C=O) groups excluding carboxylic acids is 1. The number of nitrogens with one attached hydrogen (secondary N) is 1. The number of carboxylic acid groups (broad SMARTS) is 1. The highest BCUT2D eigenvalue weighted by Gasteiger charge is 2.17. The summed E-state index contributed by atoms with van der Waals surface area (Å²) in [5.74, 6) is -2.56. The van der Waals surface area contributed by atoms with Crippen LogP contribution in [0.1, 0.15) is 25.8 Å². The van der Waals surface area contributed by atoms with Gasteiger partial charge < -0.3 is 15.2 Å². The Bertz CT molecular complexity index is 543. The van der Waals surface area contributed by atoms with Crippen LogP contribution in [0, 0.1) is 11.8 Å². The molecule has 0 radical (unpaired) electrons. The zero-order valence-corrected chi connectivity index (χ0v) is 13.3. The molecule has 1 amide bonds. The Morgan fingerprint density at radius 1 is 1.30 bits per heavy atom. The number of hydrogen-bond acceptors (Lipinski definition) is 3. The molecule has 0 heterocycles. The molecule has 1 rings (SSSR count). The van der Waals surface area contributed by atoms with Crippen LogP contribution in [0.25, 0.3) is 0 Å². The summed E-state index contributed by atoms with van der Waals surface area (Å²) >= 11 is 0. The number of hydrogen-bond donors (Lipinski definition) is 2. The van der Waals surface area contributed by atoms with Crippen LogP contribution in [0.2, 0.25) is 0 Å². The van der Waals surface area contributed by atoms with Crippen LogP contribution < -0.4 is 5.32 Å². The number of rotatable bonds is 8. The molecule has 1 atom stereocenters. The highest BCUT2D eigenvalue weighted by Crippen LogP contribution is 2.15. The van der Waals surface area contributed by atoms with E-state index in [-0.39, 0.29) is 12.5 Å². The van der Waals surface area contributed by atoms with Crippen molar-refractivity contribution in [3.8, 4) is 0 Å². The van der Waals surface area contributed by atoms with Gasteiger partial charge in [-0.25, -0.2) is 9.18 Å². The van der Waals surface area contributed by atoms with E-state index in [0.717, 1.165) is 11.6 Å². The average Bonchev–Trinajstić information content (AvgIpc) is 2.50. The Kier molecular flexibility index (Phi) is 7.80. The van der Waals surface area contributed by atoms with Crippen LogP contribution in [0.3, 0.4) is 0 Å². The normalized spacial score (nSPS) is 12.8. The minimum Gasteiger partial charge on any atom is -0.481 e. The van der Waals surface area contributed by atoms with Gasteiger partial charge in [-0.05, 0) is 24.0 Å². The molecule has 126 valence electrons. The second-order valence-electron chi connectivity index (χ2n) is 5.60. The predicted molar refractivity (Wildman–Crippen MR) is 84.4 cm³/mol. The Morgan fingerprint density at radius 2 is 1.96 bits per heavy atom. The summed E-state index contributed by atoms with van der Waals surface area (Å²) in [5.41, 5.74) is 0.821. The van der Waals surface area contributed by atoms with Crippen molar-refractivity contribution < 1.29 is 23.8 Å². The van der Waals surface area contributed by atoms with E-state index in [1.807, 2.05) is 32.0 Å². The third-order valence-corrected chi connectivity index (χ3v) is 3.04. The number of aliphatic carboxylic acids is 1. The van der Waals surface area contributed by atoms with Crippen LogP contribution in [0.5, 0.6) is 0 Å². The van der Waals surface area contributed by atoms with Crippen LogP contribution >= 0.6 is 0 Å². The van der Waals surface area contributed by atoms with Gasteiger partial charge in [-0.1, -0.05) is 44.2 Å². The molecule has 0 aliphatic carbocycles. The topological polar surface area (TPSA) is 75.6 Å². The summed E-state index contributed by atoms with van der Waals surface area (Å²) in [5, 5.41) is 11.3. The van der Waals surface area contributed by atoms with E-state index < -0.39 is 30.4 Å². The first kappa shape index (κ1) is 18.7. The van der Waals surface area contributed by atoms with Gasteiger partial charge >= 0.3 is 12.1 Å².